The van der Waals surface area contributed by atoms with Crippen molar-refractivity contribution in [1.82, 2.24) is 20.9 Å². The highest BCUT2D eigenvalue weighted by Gasteiger charge is 2.32. The lowest BCUT2D eigenvalue weighted by Crippen LogP contribution is -2.57. The van der Waals surface area contributed by atoms with Crippen LogP contribution >= 0.6 is 11.6 Å². The Morgan fingerprint density at radius 2 is 1.14 bits per heavy atom. The zero-order chi connectivity index (χ0) is 46.0. The second-order valence-corrected chi connectivity index (χ2v) is 15.4. The number of nitrogens with one attached hydrogen (secondary N) is 3. The largest absolute Gasteiger partial charge is 0.370 e. The predicted octanol–water partition coefficient (Wildman–Crippen LogP) is 4.42. The van der Waals surface area contributed by atoms with Crippen LogP contribution in [0, 0.1) is 11.6 Å². The summed E-state index contributed by atoms with van der Waals surface area (Å²) in [7, 11) is 0. The summed E-state index contributed by atoms with van der Waals surface area (Å²) in [5.74, 6) is -5.11. The molecule has 0 aromatic heterocycles. The van der Waals surface area contributed by atoms with Crippen LogP contribution in [0.25, 0.3) is 12.2 Å². The van der Waals surface area contributed by atoms with Crippen molar-refractivity contribution in [3.63, 3.8) is 0 Å². The highest BCUT2D eigenvalue weighted by molar-refractivity contribution is 6.28. The van der Waals surface area contributed by atoms with Gasteiger partial charge < -0.3 is 32.3 Å². The van der Waals surface area contributed by atoms with E-state index in [0.29, 0.717) is 17.5 Å². The number of nitrogens with zero attached hydrogens (tertiary/aromatic N) is 2. The average Bonchev–Trinajstić information content (AvgIpc) is 3.29. The number of halogens is 3. The van der Waals surface area contributed by atoms with Crippen LogP contribution in [0.15, 0.2) is 125 Å². The minimum absolute atomic E-state index is 0.0207. The molecule has 13 nitrogen and oxygen atoms in total. The molecule has 3 atom stereocenters. The van der Waals surface area contributed by atoms with Crippen molar-refractivity contribution in [3.8, 4) is 0 Å². The fourth-order valence-corrected chi connectivity index (χ4v) is 7.18. The predicted molar refractivity (Wildman–Crippen MR) is 241 cm³/mol. The normalized spacial score (nSPS) is 15.2. The summed E-state index contributed by atoms with van der Waals surface area (Å²) in [6.45, 7) is -0.181. The molecule has 0 unspecified atom stereocenters. The number of hydrogen-bond donors (Lipinski definition) is 5. The van der Waals surface area contributed by atoms with Gasteiger partial charge in [0, 0.05) is 67.6 Å². The van der Waals surface area contributed by atoms with Crippen molar-refractivity contribution in [2.24, 2.45) is 16.5 Å². The van der Waals surface area contributed by atoms with E-state index < -0.39 is 65.0 Å². The molecule has 7 N–H and O–H groups in total. The maximum atomic E-state index is 14.7. The Labute approximate surface area is 375 Å². The maximum Gasteiger partial charge on any atom is 0.243 e. The van der Waals surface area contributed by atoms with Gasteiger partial charge in [0.15, 0.2) is 17.5 Å². The van der Waals surface area contributed by atoms with E-state index in [1.807, 2.05) is 0 Å². The van der Waals surface area contributed by atoms with Crippen LogP contribution < -0.4 is 27.4 Å². The topological polar surface area (TPSA) is 206 Å². The zero-order valence-corrected chi connectivity index (χ0v) is 35.7. The van der Waals surface area contributed by atoms with Gasteiger partial charge in [-0.05, 0) is 48.3 Å². The van der Waals surface area contributed by atoms with Gasteiger partial charge in [0.25, 0.3) is 0 Å². The van der Waals surface area contributed by atoms with Crippen molar-refractivity contribution >= 4 is 64.9 Å². The summed E-state index contributed by atoms with van der Waals surface area (Å²) < 4.78 is 29.4. The van der Waals surface area contributed by atoms with Gasteiger partial charge in [-0.2, -0.15) is 0 Å². The van der Waals surface area contributed by atoms with E-state index in [1.54, 1.807) is 72.8 Å². The summed E-state index contributed by atoms with van der Waals surface area (Å²) in [5, 5.41) is 8.23. The molecule has 0 bridgehead atoms. The number of alkyl halides is 1. The Hall–Kier alpha value is -7.00. The van der Waals surface area contributed by atoms with Crippen molar-refractivity contribution in [2.45, 2.75) is 56.7 Å². The third-order valence-electron chi connectivity index (χ3n) is 10.3. The molecular weight excluding hydrogens is 844 g/mol. The van der Waals surface area contributed by atoms with E-state index in [9.17, 15) is 37.5 Å². The molecule has 16 heteroatoms. The number of rotatable bonds is 20. The molecule has 5 rings (SSSR count). The van der Waals surface area contributed by atoms with Gasteiger partial charge in [-0.1, -0.05) is 97.1 Å². The summed E-state index contributed by atoms with van der Waals surface area (Å²) in [5.41, 5.74) is 12.7. The van der Waals surface area contributed by atoms with Gasteiger partial charge in [-0.15, -0.1) is 11.6 Å². The molecule has 1 heterocycles. The lowest BCUT2D eigenvalue weighted by Gasteiger charge is -2.30. The third kappa shape index (κ3) is 14.5. The molecule has 64 heavy (non-hydrogen) atoms. The number of likely N-dealkylation sites (tertiary alicyclic amines) is 1. The Morgan fingerprint density at radius 1 is 0.672 bits per heavy atom. The lowest BCUT2D eigenvalue weighted by molar-refractivity contribution is -0.135. The minimum Gasteiger partial charge on any atom is -0.370 e. The molecule has 0 radical (unpaired) electrons. The van der Waals surface area contributed by atoms with Crippen LogP contribution in [0.3, 0.4) is 0 Å². The Balaban J connectivity index is 1.33. The van der Waals surface area contributed by atoms with Gasteiger partial charge in [-0.25, -0.2) is 8.78 Å². The average molecular weight is 894 g/mol. The lowest BCUT2D eigenvalue weighted by atomic mass is 9.93. The van der Waals surface area contributed by atoms with Gasteiger partial charge in [0.05, 0.1) is 11.9 Å². The van der Waals surface area contributed by atoms with Gasteiger partial charge in [0.2, 0.25) is 23.6 Å². The van der Waals surface area contributed by atoms with E-state index in [1.165, 1.54) is 53.5 Å². The number of guanidine groups is 1. The van der Waals surface area contributed by atoms with Crippen LogP contribution in [-0.4, -0.2) is 89.7 Å². The second kappa shape index (κ2) is 24.0. The first-order valence-electron chi connectivity index (χ1n) is 20.7. The van der Waals surface area contributed by atoms with E-state index in [4.69, 9.17) is 23.1 Å². The first-order chi connectivity index (χ1) is 30.8. The molecule has 4 amide bonds. The smallest absolute Gasteiger partial charge is 0.243 e. The van der Waals surface area contributed by atoms with E-state index >= 15 is 0 Å². The standard InChI is InChI=1S/C48H50ClF2N7O6/c49-28-42(59)39(20-11-23-54-48(52)53)56-47(64)41(25-32-14-5-2-6-15-32)57-46(63)40(24-31-12-3-1-4-13-31)55-43(60)21-22-44(61)58-29-35(26-33-16-7-9-18-37(33)50)45(62)36(30-58)27-34-17-8-10-19-38(34)51/h1-10,12-19,26-27,39-41H,11,20-25,28-30H2,(H,55,60)(H,56,64)(H,57,63)(H4,52,53,54)/b35-26+,36-27+/t39-,40-,41-/m0/s1. The fourth-order valence-electron chi connectivity index (χ4n) is 6.99. The molecule has 1 fully saturated rings. The number of aliphatic imine (C=N–C) groups is 1. The minimum atomic E-state index is -1.21. The Bertz CT molecular complexity index is 2320. The van der Waals surface area contributed by atoms with Crippen molar-refractivity contribution in [3.05, 3.63) is 154 Å². The number of ketones is 2. The molecule has 334 valence electrons. The quantitative estimate of drug-likeness (QED) is 0.0282. The number of benzene rings is 4. The van der Waals surface area contributed by atoms with Crippen molar-refractivity contribution in [2.75, 3.05) is 25.5 Å². The van der Waals surface area contributed by atoms with Crippen LogP contribution in [0.2, 0.25) is 0 Å². The molecule has 0 saturated carbocycles. The first kappa shape index (κ1) is 48.0. The number of piperidine rings is 1. The third-order valence-corrected chi connectivity index (χ3v) is 10.6. The number of carbonyl (C=O) groups excluding carboxylic acids is 6. The van der Waals surface area contributed by atoms with Crippen LogP contribution in [0.1, 0.15) is 47.9 Å². The van der Waals surface area contributed by atoms with Crippen molar-refractivity contribution in [1.29, 1.82) is 0 Å². The van der Waals surface area contributed by atoms with E-state index in [0.717, 1.165) is 0 Å². The highest BCUT2D eigenvalue weighted by atomic mass is 35.5. The molecule has 1 aliphatic rings. The summed E-state index contributed by atoms with van der Waals surface area (Å²) in [4.78, 5) is 87.2. The molecule has 4 aromatic rings. The molecular formula is C48H50ClF2N7O6. The number of carbonyl (C=O) groups is 6. The number of Topliss-reactive ketones (excluding diaryl/α,β-unsaturated/α-hetero) is 2. The van der Waals surface area contributed by atoms with Gasteiger partial charge >= 0.3 is 0 Å². The van der Waals surface area contributed by atoms with Crippen molar-refractivity contribution < 1.29 is 37.5 Å². The number of hydrogen-bond acceptors (Lipinski definition) is 7. The van der Waals surface area contributed by atoms with Gasteiger partial charge in [0.1, 0.15) is 23.7 Å². The SMILES string of the molecule is NC(N)=NCCC[C@H](NC(=O)[C@H](Cc1ccccc1)NC(=O)[C@H](Cc1ccccc1)NC(=O)CCC(=O)N1C/C(=C\c2ccccc2F)C(=O)/C(=C/c2ccccc2F)C1)C(=O)CCl. The van der Waals surface area contributed by atoms with Crippen LogP contribution in [0.4, 0.5) is 8.78 Å². The Morgan fingerprint density at radius 3 is 1.62 bits per heavy atom. The highest BCUT2D eigenvalue weighted by Crippen LogP contribution is 2.25. The number of nitrogens with two attached hydrogens (primary N) is 2. The zero-order valence-electron chi connectivity index (χ0n) is 35.0. The summed E-state index contributed by atoms with van der Waals surface area (Å²) in [6.07, 6.45) is 2.58. The van der Waals surface area contributed by atoms with Crippen LogP contribution in [-0.2, 0) is 41.6 Å². The number of amides is 4. The summed E-state index contributed by atoms with van der Waals surface area (Å²) >= 11 is 5.89. The van der Waals surface area contributed by atoms with Gasteiger partial charge in [-0.3, -0.25) is 33.8 Å². The molecule has 4 aromatic carbocycles. The Kier molecular flexibility index (Phi) is 18.0. The molecule has 1 aliphatic heterocycles. The van der Waals surface area contributed by atoms with E-state index in [-0.39, 0.29) is 85.9 Å². The molecule has 0 aliphatic carbocycles. The first-order valence-corrected chi connectivity index (χ1v) is 21.2. The molecule has 1 saturated heterocycles. The van der Waals surface area contributed by atoms with E-state index in [2.05, 4.69) is 20.9 Å². The summed E-state index contributed by atoms with van der Waals surface area (Å²) in [6, 6.07) is 26.0. The molecule has 0 spiro atoms. The monoisotopic (exact) mass is 893 g/mol. The fraction of sp³-hybridized carbons (Fsp3) is 0.271. The second-order valence-electron chi connectivity index (χ2n) is 15.1. The van der Waals surface area contributed by atoms with Crippen LogP contribution in [0.5, 0.6) is 0 Å². The maximum absolute atomic E-state index is 14.7.